The summed E-state index contributed by atoms with van der Waals surface area (Å²) in [4.78, 5) is 0. The van der Waals surface area contributed by atoms with Crippen LogP contribution in [0.5, 0.6) is 0 Å². The molecule has 0 amide bonds. The van der Waals surface area contributed by atoms with Gasteiger partial charge in [-0.05, 0) is 25.7 Å². The first-order valence-corrected chi connectivity index (χ1v) is 13.6. The topological polar surface area (TPSA) is 0 Å². The number of allylic oxidation sites excluding steroid dienone is 2. The van der Waals surface area contributed by atoms with E-state index in [-0.39, 0.29) is 0 Å². The van der Waals surface area contributed by atoms with Crippen molar-refractivity contribution in [1.29, 1.82) is 0 Å². The Morgan fingerprint density at radius 3 is 0.759 bits per heavy atom. The number of rotatable bonds is 25. The summed E-state index contributed by atoms with van der Waals surface area (Å²) in [7, 11) is 0. The highest BCUT2D eigenvalue weighted by Gasteiger charge is 1.95. The highest BCUT2D eigenvalue weighted by Crippen LogP contribution is 2.15. The van der Waals surface area contributed by atoms with Crippen LogP contribution < -0.4 is 0 Å². The summed E-state index contributed by atoms with van der Waals surface area (Å²) in [6, 6.07) is 0. The molecule has 0 rings (SSSR count). The maximum absolute atomic E-state index is 3.91. The molecule has 0 saturated heterocycles. The third-order valence-electron chi connectivity index (χ3n) is 6.16. The predicted octanol–water partition coefficient (Wildman–Crippen LogP) is 11.0. The minimum Gasteiger partial charge on any atom is -0.0885 e. The van der Waals surface area contributed by atoms with E-state index in [1.165, 1.54) is 148 Å². The molecule has 0 aliphatic carbocycles. The Balaban J connectivity index is 3.02. The van der Waals surface area contributed by atoms with Crippen molar-refractivity contribution in [3.8, 4) is 0 Å². The lowest BCUT2D eigenvalue weighted by Gasteiger charge is -2.03. The lowest BCUT2D eigenvalue weighted by molar-refractivity contribution is 0.524. The van der Waals surface area contributed by atoms with E-state index in [1.807, 2.05) is 0 Å². The summed E-state index contributed by atoms with van der Waals surface area (Å²) in [5.74, 6) is 0. The van der Waals surface area contributed by atoms with Crippen molar-refractivity contribution in [2.45, 2.75) is 161 Å². The van der Waals surface area contributed by atoms with Crippen molar-refractivity contribution < 1.29 is 0 Å². The van der Waals surface area contributed by atoms with Gasteiger partial charge in [-0.3, -0.25) is 0 Å². The lowest BCUT2D eigenvalue weighted by atomic mass is 10.0. The summed E-state index contributed by atoms with van der Waals surface area (Å²) in [6.07, 6.45) is 39.7. The molecule has 29 heavy (non-hydrogen) atoms. The average molecular weight is 405 g/mol. The highest BCUT2D eigenvalue weighted by atomic mass is 14.0. The first-order chi connectivity index (χ1) is 14.4. The summed E-state index contributed by atoms with van der Waals surface area (Å²) in [5, 5.41) is 0. The van der Waals surface area contributed by atoms with Gasteiger partial charge in [-0.25, -0.2) is 0 Å². The van der Waals surface area contributed by atoms with E-state index in [0.717, 1.165) is 12.8 Å². The fourth-order valence-corrected chi connectivity index (χ4v) is 4.12. The van der Waals surface area contributed by atoms with Crippen LogP contribution in [0.3, 0.4) is 0 Å². The van der Waals surface area contributed by atoms with Gasteiger partial charge in [0.25, 0.3) is 0 Å². The van der Waals surface area contributed by atoms with Gasteiger partial charge in [0.2, 0.25) is 0 Å². The normalized spacial score (nSPS) is 11.7. The molecule has 0 aliphatic heterocycles. The summed E-state index contributed by atoms with van der Waals surface area (Å²) >= 11 is 0. The second-order valence-electron chi connectivity index (χ2n) is 9.18. The van der Waals surface area contributed by atoms with Crippen LogP contribution in [0.25, 0.3) is 0 Å². The second-order valence-corrected chi connectivity index (χ2v) is 9.18. The standard InChI is InChI=1S/C29H56/c1-3-5-7-9-11-13-15-17-19-21-23-25-27-29-28-26-24-22-20-18-16-14-12-10-8-6-4-2/h13,15H,1-12,14,16-29H2/b15-13+. The Hall–Kier alpha value is -0.260. The molecule has 0 aromatic rings. The van der Waals surface area contributed by atoms with Crippen molar-refractivity contribution in [2.75, 3.05) is 0 Å². The summed E-state index contributed by atoms with van der Waals surface area (Å²) < 4.78 is 0. The van der Waals surface area contributed by atoms with Gasteiger partial charge in [0.15, 0.2) is 0 Å². The maximum Gasteiger partial charge on any atom is -0.0351 e. The van der Waals surface area contributed by atoms with Crippen LogP contribution >= 0.6 is 0 Å². The van der Waals surface area contributed by atoms with Gasteiger partial charge < -0.3 is 0 Å². The van der Waals surface area contributed by atoms with Crippen LogP contribution in [-0.4, -0.2) is 0 Å². The fraction of sp³-hybridized carbons (Fsp3) is 0.862. The maximum atomic E-state index is 3.91. The number of hydrogen-bond acceptors (Lipinski definition) is 0. The quantitative estimate of drug-likeness (QED) is 0.105. The van der Waals surface area contributed by atoms with E-state index < -0.39 is 0 Å². The van der Waals surface area contributed by atoms with Crippen LogP contribution in [-0.2, 0) is 0 Å². The first kappa shape index (κ1) is 28.7. The molecule has 0 unspecified atom stereocenters. The number of unbranched alkanes of at least 4 members (excludes halogenated alkanes) is 23. The van der Waals surface area contributed by atoms with Gasteiger partial charge in [-0.15, -0.1) is 0 Å². The van der Waals surface area contributed by atoms with E-state index in [9.17, 15) is 0 Å². The van der Waals surface area contributed by atoms with E-state index >= 15 is 0 Å². The van der Waals surface area contributed by atoms with E-state index in [1.54, 1.807) is 0 Å². The summed E-state index contributed by atoms with van der Waals surface area (Å²) in [6.45, 7) is 7.81. The molecule has 172 valence electrons. The smallest absolute Gasteiger partial charge is 0.0351 e. The van der Waals surface area contributed by atoms with Crippen molar-refractivity contribution in [3.05, 3.63) is 26.0 Å². The average Bonchev–Trinajstić information content (AvgIpc) is 2.74. The monoisotopic (exact) mass is 404 g/mol. The predicted molar refractivity (Wildman–Crippen MR) is 135 cm³/mol. The Morgan fingerprint density at radius 1 is 0.276 bits per heavy atom. The lowest BCUT2D eigenvalue weighted by Crippen LogP contribution is -1.84. The Labute approximate surface area is 186 Å². The zero-order valence-electron chi connectivity index (χ0n) is 20.2. The molecule has 0 fully saturated rings. The Kier molecular flexibility index (Phi) is 27.5. The first-order valence-electron chi connectivity index (χ1n) is 13.6. The van der Waals surface area contributed by atoms with Crippen LogP contribution in [0, 0.1) is 13.8 Å². The van der Waals surface area contributed by atoms with Gasteiger partial charge in [0.05, 0.1) is 0 Å². The van der Waals surface area contributed by atoms with E-state index in [2.05, 4.69) is 26.0 Å². The highest BCUT2D eigenvalue weighted by molar-refractivity contribution is 4.81. The van der Waals surface area contributed by atoms with Gasteiger partial charge in [0.1, 0.15) is 0 Å². The van der Waals surface area contributed by atoms with Crippen molar-refractivity contribution in [2.24, 2.45) is 0 Å². The molecule has 0 atom stereocenters. The fourth-order valence-electron chi connectivity index (χ4n) is 4.12. The SMILES string of the molecule is [CH2]CCCCC/C=C/CCCCCCCCCCCCCCCCCCCC[CH2]. The molecule has 0 heteroatoms. The van der Waals surface area contributed by atoms with Crippen molar-refractivity contribution in [3.63, 3.8) is 0 Å². The van der Waals surface area contributed by atoms with Crippen LogP contribution in [0.2, 0.25) is 0 Å². The molecular formula is C29H56. The third kappa shape index (κ3) is 27.7. The van der Waals surface area contributed by atoms with Gasteiger partial charge in [-0.2, -0.15) is 0 Å². The van der Waals surface area contributed by atoms with E-state index in [4.69, 9.17) is 0 Å². The molecule has 0 aromatic carbocycles. The third-order valence-corrected chi connectivity index (χ3v) is 6.16. The van der Waals surface area contributed by atoms with Crippen LogP contribution in [0.1, 0.15) is 161 Å². The Bertz CT molecular complexity index is 290. The second kappa shape index (κ2) is 27.7. The molecule has 0 bridgehead atoms. The largest absolute Gasteiger partial charge is 0.0885 e. The van der Waals surface area contributed by atoms with Gasteiger partial charge >= 0.3 is 0 Å². The summed E-state index contributed by atoms with van der Waals surface area (Å²) in [5.41, 5.74) is 0. The molecule has 0 nitrogen and oxygen atoms in total. The molecule has 2 radical (unpaired) electrons. The molecule has 0 aromatic heterocycles. The minimum absolute atomic E-state index is 1.10. The molecule has 0 saturated carbocycles. The van der Waals surface area contributed by atoms with Gasteiger partial charge in [-0.1, -0.05) is 161 Å². The van der Waals surface area contributed by atoms with Crippen LogP contribution in [0.15, 0.2) is 12.2 Å². The molecule has 0 N–H and O–H groups in total. The Morgan fingerprint density at radius 2 is 0.483 bits per heavy atom. The number of hydrogen-bond donors (Lipinski definition) is 0. The molecule has 0 aliphatic rings. The zero-order valence-corrected chi connectivity index (χ0v) is 20.2. The van der Waals surface area contributed by atoms with Crippen LogP contribution in [0.4, 0.5) is 0 Å². The van der Waals surface area contributed by atoms with Crippen molar-refractivity contribution in [1.82, 2.24) is 0 Å². The molecule has 0 spiro atoms. The molecule has 0 heterocycles. The zero-order chi connectivity index (χ0) is 21.1. The molecular weight excluding hydrogens is 348 g/mol. The van der Waals surface area contributed by atoms with E-state index in [0.29, 0.717) is 0 Å². The minimum atomic E-state index is 1.10. The van der Waals surface area contributed by atoms with Gasteiger partial charge in [0, 0.05) is 0 Å². The van der Waals surface area contributed by atoms with Crippen molar-refractivity contribution >= 4 is 0 Å².